The van der Waals surface area contributed by atoms with E-state index in [9.17, 15) is 73.2 Å². The lowest BCUT2D eigenvalue weighted by Gasteiger charge is -2.31. The zero-order valence-electron chi connectivity index (χ0n) is 52.9. The van der Waals surface area contributed by atoms with Gasteiger partial charge in [-0.3, -0.25) is 57.5 Å². The van der Waals surface area contributed by atoms with Crippen molar-refractivity contribution < 1.29 is 87.9 Å². The van der Waals surface area contributed by atoms with Crippen molar-refractivity contribution in [1.82, 2.24) is 57.7 Å². The summed E-state index contributed by atoms with van der Waals surface area (Å²) in [6, 6.07) is 3.54. The van der Waals surface area contributed by atoms with Gasteiger partial charge in [0.15, 0.2) is 0 Å². The molecule has 0 aliphatic carbocycles. The highest BCUT2D eigenvalue weighted by Crippen LogP contribution is 2.26. The third-order valence-corrected chi connectivity index (χ3v) is 18.4. The molecule has 1 aromatic heterocycles. The molecule has 6 rings (SSSR count). The van der Waals surface area contributed by atoms with Crippen LogP contribution in [0.5, 0.6) is 5.75 Å². The zero-order chi connectivity index (χ0) is 70.3. The van der Waals surface area contributed by atoms with Gasteiger partial charge in [0.1, 0.15) is 66.2 Å². The Bertz CT molecular complexity index is 3430. The highest BCUT2D eigenvalue weighted by Gasteiger charge is 2.42. The molecule has 0 radical (unpaired) electrons. The number of nitrogens with two attached hydrogens (primary N) is 2. The molecule has 4 aromatic rings. The molecule has 3 aromatic carbocycles. The first kappa shape index (κ1) is 75.7. The number of aromatic nitrogens is 1. The summed E-state index contributed by atoms with van der Waals surface area (Å²) in [5.41, 5.74) is 13.9. The summed E-state index contributed by atoms with van der Waals surface area (Å²) >= 11 is 0. The Balaban J connectivity index is 1.40. The number of aliphatic carboxylic acids is 3. The standard InChI is InChI=1S/C63H83N13O18S2/c1-32(2)51(63(93)94)74-60(90)47-31-96-95-30-46(72-58(88)45(28-50(81)82)71-61(91)48-16-10-24-76(48)62(92)52(33(3)77)75-53(83)39(65)21-22-49(79)80)59(89)69-42(25-34-11-5-4-6-12-34)55(85)70-44(27-36-29-66-40-14-8-7-13-38(36)40)57(87)67-41(15-9-23-64)54(84)68-43(56(86)73-47)26-35-17-19-37(78)20-18-35/h4-8,11-14,17-20,29,32-33,39,41-48,51-52,66,77-78H,9-10,15-16,21-28,30-31,64-65H2,1-3H3,(H,67,87)(H,68,84)(H,69,89)(H,70,85)(H,71,91)(H,72,88)(H,73,86)(H,74,90)(H,75,83)(H,79,80)(H,81,82)(H,93,94)/t33-,39+,41?,42+,43?,44+,45+,46?,47+,48+,51+,52+/m1/s1. The van der Waals surface area contributed by atoms with Gasteiger partial charge in [0, 0.05) is 60.8 Å². The number of amides is 10. The van der Waals surface area contributed by atoms with E-state index in [0.29, 0.717) is 27.6 Å². The van der Waals surface area contributed by atoms with E-state index in [4.69, 9.17) is 16.6 Å². The Morgan fingerprint density at radius 1 is 0.656 bits per heavy atom. The number of para-hydroxylation sites is 1. The lowest BCUT2D eigenvalue weighted by Crippen LogP contribution is -2.62. The number of hydrogen-bond acceptors (Lipinski definition) is 19. The van der Waals surface area contributed by atoms with Gasteiger partial charge < -0.3 is 94.7 Å². The molecule has 2 fully saturated rings. The fourth-order valence-electron chi connectivity index (χ4n) is 10.6. The molecule has 12 atom stereocenters. The van der Waals surface area contributed by atoms with E-state index < -0.39 is 180 Å². The number of aliphatic hydroxyl groups is 1. The smallest absolute Gasteiger partial charge is 0.326 e. The van der Waals surface area contributed by atoms with E-state index in [1.54, 1.807) is 60.8 Å². The normalized spacial score (nSPS) is 21.7. The Morgan fingerprint density at radius 3 is 1.85 bits per heavy atom. The molecule has 0 saturated carbocycles. The first-order valence-electron chi connectivity index (χ1n) is 31.1. The second-order valence-electron chi connectivity index (χ2n) is 23.7. The van der Waals surface area contributed by atoms with Crippen LogP contribution in [-0.2, 0) is 81.6 Å². The van der Waals surface area contributed by atoms with Crippen molar-refractivity contribution in [3.05, 3.63) is 102 Å². The number of hydrogen-bond donors (Lipinski definition) is 17. The Kier molecular flexibility index (Phi) is 28.8. The maximum absolute atomic E-state index is 15.1. The zero-order valence-corrected chi connectivity index (χ0v) is 54.6. The van der Waals surface area contributed by atoms with Crippen molar-refractivity contribution in [2.75, 3.05) is 24.6 Å². The molecule has 3 heterocycles. The third kappa shape index (κ3) is 22.4. The molecule has 2 saturated heterocycles. The highest BCUT2D eigenvalue weighted by molar-refractivity contribution is 8.76. The van der Waals surface area contributed by atoms with Crippen molar-refractivity contribution in [2.24, 2.45) is 17.4 Å². The van der Waals surface area contributed by atoms with Gasteiger partial charge in [-0.15, -0.1) is 0 Å². The number of carboxylic acids is 3. The number of carbonyl (C=O) groups excluding carboxylic acids is 10. The number of nitrogens with one attached hydrogen (secondary N) is 10. The minimum atomic E-state index is -2.00. The van der Waals surface area contributed by atoms with Crippen molar-refractivity contribution in [3.8, 4) is 5.75 Å². The van der Waals surface area contributed by atoms with E-state index in [0.717, 1.165) is 26.5 Å². The van der Waals surface area contributed by atoms with Gasteiger partial charge in [0.2, 0.25) is 59.1 Å². The van der Waals surface area contributed by atoms with Crippen LogP contribution < -0.4 is 59.3 Å². The number of aliphatic hydroxyl groups excluding tert-OH is 1. The number of carboxylic acid groups (broad SMARTS) is 3. The van der Waals surface area contributed by atoms with Crippen LogP contribution >= 0.6 is 21.6 Å². The number of likely N-dealkylation sites (tertiary alicyclic amines) is 1. The molecule has 33 heteroatoms. The van der Waals surface area contributed by atoms with Crippen molar-refractivity contribution in [3.63, 3.8) is 0 Å². The molecule has 2 aliphatic rings. The Morgan fingerprint density at radius 2 is 1.24 bits per heavy atom. The van der Waals surface area contributed by atoms with Gasteiger partial charge in [-0.1, -0.05) is 96.1 Å². The number of benzene rings is 3. The fourth-order valence-corrected chi connectivity index (χ4v) is 13.0. The van der Waals surface area contributed by atoms with Crippen molar-refractivity contribution >= 4 is 109 Å². The quantitative estimate of drug-likeness (QED) is 0.0308. The molecule has 96 heavy (non-hydrogen) atoms. The first-order valence-corrected chi connectivity index (χ1v) is 33.6. The molecular formula is C63H83N13O18S2. The second-order valence-corrected chi connectivity index (χ2v) is 26.2. The predicted molar refractivity (Wildman–Crippen MR) is 351 cm³/mol. The number of fused-ring (bicyclic) bond motifs is 1. The van der Waals surface area contributed by atoms with Gasteiger partial charge in [-0.05, 0) is 86.4 Å². The van der Waals surface area contributed by atoms with Gasteiger partial charge in [0.25, 0.3) is 0 Å². The Hall–Kier alpha value is -9.31. The number of aromatic hydroxyl groups is 1. The van der Waals surface area contributed by atoms with Crippen LogP contribution in [0.25, 0.3) is 10.9 Å². The summed E-state index contributed by atoms with van der Waals surface area (Å²) in [6.45, 7) is 4.15. The predicted octanol–water partition coefficient (Wildman–Crippen LogP) is -1.82. The molecule has 10 amide bonds. The number of aromatic amines is 1. The van der Waals surface area contributed by atoms with Crippen LogP contribution in [0.2, 0.25) is 0 Å². The van der Waals surface area contributed by atoms with E-state index in [2.05, 4.69) is 52.8 Å². The monoisotopic (exact) mass is 1370 g/mol. The van der Waals surface area contributed by atoms with E-state index >= 15 is 9.59 Å². The van der Waals surface area contributed by atoms with Crippen LogP contribution in [0.3, 0.4) is 0 Å². The average molecular weight is 1370 g/mol. The number of phenolic OH excluding ortho intramolecular Hbond substituents is 1. The molecule has 520 valence electrons. The summed E-state index contributed by atoms with van der Waals surface area (Å²) in [5.74, 6) is -16.1. The molecular weight excluding hydrogens is 1290 g/mol. The molecule has 3 unspecified atom stereocenters. The van der Waals surface area contributed by atoms with Gasteiger partial charge in [-0.25, -0.2) is 4.79 Å². The number of nitrogens with zero attached hydrogens (tertiary/aromatic N) is 1. The first-order chi connectivity index (χ1) is 45.6. The molecule has 19 N–H and O–H groups in total. The number of phenols is 1. The van der Waals surface area contributed by atoms with Gasteiger partial charge in [0.05, 0.1) is 18.6 Å². The van der Waals surface area contributed by atoms with E-state index in [-0.39, 0.29) is 70.2 Å². The molecule has 0 bridgehead atoms. The van der Waals surface area contributed by atoms with Gasteiger partial charge in [-0.2, -0.15) is 0 Å². The lowest BCUT2D eigenvalue weighted by atomic mass is 10.0. The van der Waals surface area contributed by atoms with Crippen LogP contribution in [-0.4, -0.2) is 210 Å². The Labute approximate surface area is 559 Å². The number of rotatable bonds is 26. The lowest BCUT2D eigenvalue weighted by molar-refractivity contribution is -0.145. The summed E-state index contributed by atoms with van der Waals surface area (Å²) < 4.78 is 0. The summed E-state index contributed by atoms with van der Waals surface area (Å²) in [6.07, 6.45) is -2.43. The fraction of sp³-hybridized carbons (Fsp3) is 0.476. The number of H-pyrrole nitrogens is 1. The van der Waals surface area contributed by atoms with Crippen molar-refractivity contribution in [1.29, 1.82) is 0 Å². The average Bonchev–Trinajstić information content (AvgIpc) is 1.62. The SMILES string of the molecule is CC(C)[C@H](NC(=O)[C@@H]1CSSCC(NC(=O)[C@H](CC(=O)O)NC(=O)[C@@H]2CCCN2C(=O)[C@@H](NC(=O)[C@@H](N)CCC(=O)O)[C@@H](C)O)C(=O)N[C@@H](Cc2ccccc2)C(=O)N[C@@H](Cc2c[nH]c3ccccc23)C(=O)NC(CCCN)C(=O)NC(Cc2ccc(O)cc2)C(=O)N1)C(=O)O. The largest absolute Gasteiger partial charge is 0.508 e. The summed E-state index contributed by atoms with van der Waals surface area (Å²) in [4.78, 5) is 185. The molecule has 2 aliphatic heterocycles. The topological polar surface area (TPSA) is 502 Å². The maximum Gasteiger partial charge on any atom is 0.326 e. The van der Waals surface area contributed by atoms with Crippen LogP contribution in [0, 0.1) is 5.92 Å². The van der Waals surface area contributed by atoms with E-state index in [1.165, 1.54) is 45.0 Å². The minimum Gasteiger partial charge on any atom is -0.508 e. The highest BCUT2D eigenvalue weighted by atomic mass is 33.1. The minimum absolute atomic E-state index is 0.0402. The molecule has 31 nitrogen and oxygen atoms in total. The summed E-state index contributed by atoms with van der Waals surface area (Å²) in [7, 11) is 1.65. The molecule has 0 spiro atoms. The van der Waals surface area contributed by atoms with Crippen molar-refractivity contribution in [2.45, 2.75) is 158 Å². The van der Waals surface area contributed by atoms with Crippen LogP contribution in [0.15, 0.2) is 85.1 Å². The third-order valence-electron chi connectivity index (χ3n) is 15.9. The van der Waals surface area contributed by atoms with Gasteiger partial charge >= 0.3 is 17.9 Å². The van der Waals surface area contributed by atoms with Crippen LogP contribution in [0.1, 0.15) is 82.4 Å². The van der Waals surface area contributed by atoms with Crippen LogP contribution in [0.4, 0.5) is 0 Å². The van der Waals surface area contributed by atoms with E-state index in [1.807, 2.05) is 0 Å². The number of carbonyl (C=O) groups is 13. The summed E-state index contributed by atoms with van der Waals surface area (Å²) in [5, 5.41) is 73.9. The second kappa shape index (κ2) is 36.5. The maximum atomic E-state index is 15.1.